The fourth-order valence-electron chi connectivity index (χ4n) is 1.93. The van der Waals surface area contributed by atoms with Crippen LogP contribution in [0.1, 0.15) is 0 Å². The van der Waals surface area contributed by atoms with Crippen LogP contribution >= 0.6 is 114 Å². The first-order valence-electron chi connectivity index (χ1n) is 7.21. The van der Waals surface area contributed by atoms with Crippen LogP contribution in [0.5, 0.6) is 0 Å². The zero-order valence-corrected chi connectivity index (χ0v) is 23.2. The Morgan fingerprint density at radius 3 is 1.29 bits per heavy atom. The highest BCUT2D eigenvalue weighted by molar-refractivity contribution is 8.91. The van der Waals surface area contributed by atoms with Gasteiger partial charge in [-0.25, -0.2) is 0 Å². The molecule has 16 heteroatoms. The number of nitrogens with zero attached hydrogens (tertiary/aromatic N) is 4. The summed E-state index contributed by atoms with van der Waals surface area (Å²) >= 11 is 41.0. The van der Waals surface area contributed by atoms with Gasteiger partial charge >= 0.3 is 0 Å². The summed E-state index contributed by atoms with van der Waals surface area (Å²) in [6.45, 7) is 0. The molecule has 1 aliphatic heterocycles. The van der Waals surface area contributed by atoms with Gasteiger partial charge in [-0.2, -0.15) is 18.1 Å². The quantitative estimate of drug-likeness (QED) is 0.323. The standard InChI is InChI=1S/C12H10Cl6N4P4S2/c13-23(14)19-24(15,16)21-26(22-25(17,18)20-23,27-11-7-3-1-4-8-11)28-12-9-5-2-6-10-12/h1-10H. The summed E-state index contributed by atoms with van der Waals surface area (Å²) in [7, 11) is 0. The Kier molecular flexibility index (Phi) is 8.50. The molecule has 0 fully saturated rings. The topological polar surface area (TPSA) is 49.4 Å². The van der Waals surface area contributed by atoms with Crippen molar-refractivity contribution in [1.29, 1.82) is 0 Å². The minimum absolute atomic E-state index is 0.909. The normalized spacial score (nSPS) is 21.6. The average molecular weight is 611 g/mol. The number of hydrogen-bond donors (Lipinski definition) is 0. The van der Waals surface area contributed by atoms with Crippen molar-refractivity contribution in [2.45, 2.75) is 9.79 Å². The maximum absolute atomic E-state index is 6.45. The Morgan fingerprint density at radius 2 is 0.857 bits per heavy atom. The van der Waals surface area contributed by atoms with Gasteiger partial charge in [0.05, 0.1) is 0 Å². The molecule has 2 aromatic rings. The van der Waals surface area contributed by atoms with E-state index in [1.165, 1.54) is 22.8 Å². The van der Waals surface area contributed by atoms with E-state index in [4.69, 9.17) is 67.4 Å². The van der Waals surface area contributed by atoms with Crippen molar-refractivity contribution in [2.75, 3.05) is 0 Å². The Balaban J connectivity index is 2.27. The van der Waals surface area contributed by atoms with Crippen LogP contribution in [0, 0.1) is 0 Å². The summed E-state index contributed by atoms with van der Waals surface area (Å²) in [5.41, 5.74) is -2.84. The van der Waals surface area contributed by atoms with Crippen molar-refractivity contribution in [2.24, 2.45) is 18.1 Å². The van der Waals surface area contributed by atoms with Crippen LogP contribution in [0.15, 0.2) is 88.5 Å². The highest BCUT2D eigenvalue weighted by atomic mass is 35.9. The molecule has 2 aromatic carbocycles. The second kappa shape index (κ2) is 9.74. The summed E-state index contributed by atoms with van der Waals surface area (Å²) in [5.74, 6) is -9.86. The predicted octanol–water partition coefficient (Wildman–Crippen LogP) is 12.8. The van der Waals surface area contributed by atoms with Gasteiger partial charge in [0.1, 0.15) is 0 Å². The molecule has 0 saturated heterocycles. The van der Waals surface area contributed by atoms with E-state index in [0.29, 0.717) is 0 Å². The van der Waals surface area contributed by atoms with Crippen molar-refractivity contribution in [1.82, 2.24) is 0 Å². The Hall–Kier alpha value is 1.80. The van der Waals surface area contributed by atoms with E-state index in [2.05, 4.69) is 18.1 Å². The third kappa shape index (κ3) is 7.44. The minimum Gasteiger partial charge on any atom is -0.193 e. The first kappa shape index (κ1) is 24.4. The zero-order chi connectivity index (χ0) is 20.5. The minimum atomic E-state index is -3.29. The Bertz CT molecular complexity index is 1030. The maximum atomic E-state index is 6.45. The Morgan fingerprint density at radius 1 is 0.500 bits per heavy atom. The summed E-state index contributed by atoms with van der Waals surface area (Å²) in [4.78, 5) is 1.82. The van der Waals surface area contributed by atoms with Crippen molar-refractivity contribution in [3.8, 4) is 0 Å². The van der Waals surface area contributed by atoms with Gasteiger partial charge in [0.15, 0.2) is 0 Å². The second-order valence-electron chi connectivity index (χ2n) is 5.02. The molecule has 0 bridgehead atoms. The first-order chi connectivity index (χ1) is 13.0. The fraction of sp³-hybridized carbons (Fsp3) is 0. The molecule has 0 unspecified atom stereocenters. The molecule has 0 atom stereocenters. The van der Waals surface area contributed by atoms with E-state index in [9.17, 15) is 0 Å². The monoisotopic (exact) mass is 608 g/mol. The predicted molar refractivity (Wildman–Crippen MR) is 137 cm³/mol. The molecule has 0 N–H and O–H groups in total. The lowest BCUT2D eigenvalue weighted by Crippen LogP contribution is -1.75. The maximum Gasteiger partial charge on any atom is 0.257 e. The van der Waals surface area contributed by atoms with Crippen LogP contribution in [0.3, 0.4) is 0 Å². The van der Waals surface area contributed by atoms with E-state index >= 15 is 0 Å². The van der Waals surface area contributed by atoms with Crippen molar-refractivity contribution >= 4 is 114 Å². The van der Waals surface area contributed by atoms with E-state index in [1.54, 1.807) is 0 Å². The van der Waals surface area contributed by atoms with Crippen LogP contribution in [-0.2, 0) is 0 Å². The lowest BCUT2D eigenvalue weighted by molar-refractivity contribution is 1.47. The summed E-state index contributed by atoms with van der Waals surface area (Å²) < 4.78 is 17.6. The van der Waals surface area contributed by atoms with Gasteiger partial charge in [-0.1, -0.05) is 36.4 Å². The fourth-order valence-corrected chi connectivity index (χ4v) is 35.2. The van der Waals surface area contributed by atoms with Crippen LogP contribution in [0.2, 0.25) is 0 Å². The Labute approximate surface area is 200 Å². The summed E-state index contributed by atoms with van der Waals surface area (Å²) in [6.07, 6.45) is 0. The van der Waals surface area contributed by atoms with Crippen molar-refractivity contribution in [3.05, 3.63) is 60.7 Å². The van der Waals surface area contributed by atoms with E-state index in [1.807, 2.05) is 60.7 Å². The first-order valence-corrected chi connectivity index (χ1v) is 22.3. The second-order valence-corrected chi connectivity index (χ2v) is 27.8. The lowest BCUT2D eigenvalue weighted by atomic mass is 10.4. The molecule has 152 valence electrons. The van der Waals surface area contributed by atoms with Gasteiger partial charge in [0.25, 0.3) is 17.7 Å². The molecular formula is C12H10Cl6N4P4S2. The number of rotatable bonds is 4. The number of hydrogen-bond acceptors (Lipinski definition) is 6. The van der Waals surface area contributed by atoms with Gasteiger partial charge < -0.3 is 0 Å². The molecule has 0 saturated carbocycles. The number of benzene rings is 2. The molecular weight excluding hydrogens is 601 g/mol. The third-order valence-electron chi connectivity index (χ3n) is 2.81. The number of halogens is 6. The summed E-state index contributed by atoms with van der Waals surface area (Å²) in [6, 6.07) is 19.2. The van der Waals surface area contributed by atoms with Crippen LogP contribution in [0.25, 0.3) is 0 Å². The van der Waals surface area contributed by atoms with Gasteiger partial charge in [0.2, 0.25) is 5.61 Å². The van der Waals surface area contributed by atoms with Gasteiger partial charge in [-0.05, 0) is 114 Å². The van der Waals surface area contributed by atoms with Gasteiger partial charge in [-0.3, -0.25) is 0 Å². The van der Waals surface area contributed by atoms with Crippen molar-refractivity contribution in [3.63, 3.8) is 0 Å². The highest BCUT2D eigenvalue weighted by Gasteiger charge is 2.35. The third-order valence-corrected chi connectivity index (χ3v) is 25.2. The molecule has 1 heterocycles. The van der Waals surface area contributed by atoms with E-state index < -0.39 is 23.3 Å². The van der Waals surface area contributed by atoms with Crippen LogP contribution in [0.4, 0.5) is 0 Å². The zero-order valence-electron chi connectivity index (χ0n) is 13.4. The van der Waals surface area contributed by atoms with Crippen LogP contribution < -0.4 is 0 Å². The van der Waals surface area contributed by atoms with Gasteiger partial charge in [0, 0.05) is 9.79 Å². The molecule has 28 heavy (non-hydrogen) atoms. The molecule has 0 spiro atoms. The molecule has 0 amide bonds. The van der Waals surface area contributed by atoms with Gasteiger partial charge in [-0.15, -0.1) is 0 Å². The average Bonchev–Trinajstić information content (AvgIpc) is 2.52. The smallest absolute Gasteiger partial charge is 0.193 e. The SMILES string of the molecule is ClP1(Cl)=NP(Cl)(Cl)=NP(Sc2ccccc2)(Sc2ccccc2)=NP(Cl)(Cl)=N1. The molecule has 0 radical (unpaired) electrons. The van der Waals surface area contributed by atoms with Crippen LogP contribution in [-0.4, -0.2) is 0 Å². The largest absolute Gasteiger partial charge is 0.257 e. The van der Waals surface area contributed by atoms with E-state index in [-0.39, 0.29) is 0 Å². The lowest BCUT2D eigenvalue weighted by Gasteiger charge is -2.24. The molecule has 0 aliphatic carbocycles. The van der Waals surface area contributed by atoms with Crippen molar-refractivity contribution < 1.29 is 0 Å². The molecule has 1 aliphatic rings. The highest BCUT2D eigenvalue weighted by Crippen LogP contribution is 2.92. The summed E-state index contributed by atoms with van der Waals surface area (Å²) in [5, 5.41) is 0. The van der Waals surface area contributed by atoms with E-state index in [0.717, 1.165) is 9.79 Å². The molecule has 0 aromatic heterocycles. The molecule has 3 rings (SSSR count). The molecule has 4 nitrogen and oxygen atoms in total.